The predicted octanol–water partition coefficient (Wildman–Crippen LogP) is 2.68. The molecule has 0 atom stereocenters. The van der Waals surface area contributed by atoms with Gasteiger partial charge in [0, 0.05) is 12.1 Å². The van der Waals surface area contributed by atoms with Gasteiger partial charge in [-0.25, -0.2) is 0 Å². The van der Waals surface area contributed by atoms with E-state index in [0.29, 0.717) is 11.6 Å². The SMILES string of the molecule is CCc1cc(COc2ccc(C(N)=S)cc2)n(CC)n1. The molecule has 0 saturated carbocycles. The van der Waals surface area contributed by atoms with E-state index >= 15 is 0 Å². The minimum absolute atomic E-state index is 0.396. The summed E-state index contributed by atoms with van der Waals surface area (Å²) in [6.45, 7) is 5.53. The predicted molar refractivity (Wildman–Crippen MR) is 83.9 cm³/mol. The number of rotatable bonds is 6. The lowest BCUT2D eigenvalue weighted by Gasteiger charge is -2.08. The number of nitrogens with two attached hydrogens (primary N) is 1. The van der Waals surface area contributed by atoms with Crippen molar-refractivity contribution in [1.29, 1.82) is 0 Å². The molecular formula is C15H19N3OS. The minimum Gasteiger partial charge on any atom is -0.487 e. The van der Waals surface area contributed by atoms with Crippen molar-refractivity contribution >= 4 is 17.2 Å². The summed E-state index contributed by atoms with van der Waals surface area (Å²) in [7, 11) is 0. The highest BCUT2D eigenvalue weighted by Crippen LogP contribution is 2.15. The topological polar surface area (TPSA) is 53.1 Å². The third kappa shape index (κ3) is 3.36. The van der Waals surface area contributed by atoms with Crippen LogP contribution in [-0.4, -0.2) is 14.8 Å². The van der Waals surface area contributed by atoms with E-state index < -0.39 is 0 Å². The fourth-order valence-corrected chi connectivity index (χ4v) is 2.09. The second-order valence-electron chi connectivity index (χ2n) is 4.47. The third-order valence-corrected chi connectivity index (χ3v) is 3.34. The van der Waals surface area contributed by atoms with Crippen LogP contribution >= 0.6 is 12.2 Å². The van der Waals surface area contributed by atoms with Crippen LogP contribution < -0.4 is 10.5 Å². The second kappa shape index (κ2) is 6.52. The molecule has 2 N–H and O–H groups in total. The molecule has 0 bridgehead atoms. The summed E-state index contributed by atoms with van der Waals surface area (Å²) in [6.07, 6.45) is 0.933. The summed E-state index contributed by atoms with van der Waals surface area (Å²) >= 11 is 4.92. The highest BCUT2D eigenvalue weighted by Gasteiger charge is 2.06. The maximum atomic E-state index is 5.78. The Balaban J connectivity index is 2.04. The minimum atomic E-state index is 0.396. The van der Waals surface area contributed by atoms with Crippen molar-refractivity contribution in [1.82, 2.24) is 9.78 Å². The van der Waals surface area contributed by atoms with Gasteiger partial charge in [-0.15, -0.1) is 0 Å². The lowest BCUT2D eigenvalue weighted by molar-refractivity contribution is 0.292. The molecule has 4 nitrogen and oxygen atoms in total. The zero-order valence-electron chi connectivity index (χ0n) is 11.8. The normalized spacial score (nSPS) is 10.5. The molecule has 1 aromatic heterocycles. The Bertz CT molecular complexity index is 590. The average Bonchev–Trinajstić information content (AvgIpc) is 2.88. The molecule has 20 heavy (non-hydrogen) atoms. The quantitative estimate of drug-likeness (QED) is 0.831. The number of hydrogen-bond donors (Lipinski definition) is 1. The molecule has 0 aliphatic carbocycles. The monoisotopic (exact) mass is 289 g/mol. The van der Waals surface area contributed by atoms with Gasteiger partial charge in [-0.05, 0) is 43.7 Å². The number of ether oxygens (including phenoxy) is 1. The molecule has 0 unspecified atom stereocenters. The van der Waals surface area contributed by atoms with E-state index in [0.717, 1.165) is 35.7 Å². The molecule has 1 heterocycles. The summed E-state index contributed by atoms with van der Waals surface area (Å²) in [5.74, 6) is 0.798. The number of benzene rings is 1. The molecule has 106 valence electrons. The molecule has 0 spiro atoms. The van der Waals surface area contributed by atoms with Crippen LogP contribution in [0.3, 0.4) is 0 Å². The zero-order valence-corrected chi connectivity index (χ0v) is 12.6. The van der Waals surface area contributed by atoms with Gasteiger partial charge in [0.05, 0.1) is 11.4 Å². The van der Waals surface area contributed by atoms with E-state index in [4.69, 9.17) is 22.7 Å². The standard InChI is InChI=1S/C15H19N3OS/c1-3-12-9-13(18(4-2)17-12)10-19-14-7-5-11(6-8-14)15(16)20/h5-9H,3-4,10H2,1-2H3,(H2,16,20). The van der Waals surface area contributed by atoms with Crippen molar-refractivity contribution in [2.75, 3.05) is 0 Å². The molecule has 2 aromatic rings. The Hall–Kier alpha value is -1.88. The van der Waals surface area contributed by atoms with Gasteiger partial charge in [-0.2, -0.15) is 5.10 Å². The number of aromatic nitrogens is 2. The van der Waals surface area contributed by atoms with Gasteiger partial charge in [0.15, 0.2) is 0 Å². The molecule has 0 aliphatic heterocycles. The van der Waals surface area contributed by atoms with Crippen LogP contribution in [-0.2, 0) is 19.6 Å². The smallest absolute Gasteiger partial charge is 0.130 e. The summed E-state index contributed by atoms with van der Waals surface area (Å²) in [4.78, 5) is 0.396. The third-order valence-electron chi connectivity index (χ3n) is 3.10. The van der Waals surface area contributed by atoms with Crippen molar-refractivity contribution in [3.63, 3.8) is 0 Å². The van der Waals surface area contributed by atoms with Crippen LogP contribution in [0.5, 0.6) is 5.75 Å². The fraction of sp³-hybridized carbons (Fsp3) is 0.333. The molecular weight excluding hydrogens is 270 g/mol. The summed E-state index contributed by atoms with van der Waals surface area (Å²) in [5, 5.41) is 4.50. The molecule has 2 rings (SSSR count). The van der Waals surface area contributed by atoms with Crippen LogP contribution in [0, 0.1) is 0 Å². The Morgan fingerprint density at radius 2 is 2.00 bits per heavy atom. The molecule has 5 heteroatoms. The van der Waals surface area contributed by atoms with Gasteiger partial charge >= 0.3 is 0 Å². The first kappa shape index (κ1) is 14.5. The molecule has 0 radical (unpaired) electrons. The maximum Gasteiger partial charge on any atom is 0.130 e. The van der Waals surface area contributed by atoms with E-state index in [9.17, 15) is 0 Å². The van der Waals surface area contributed by atoms with Gasteiger partial charge in [0.25, 0.3) is 0 Å². The number of aryl methyl sites for hydroxylation is 2. The van der Waals surface area contributed by atoms with Crippen molar-refractivity contribution in [3.05, 3.63) is 47.3 Å². The van der Waals surface area contributed by atoms with Crippen molar-refractivity contribution in [2.45, 2.75) is 33.4 Å². The van der Waals surface area contributed by atoms with Crippen molar-refractivity contribution in [2.24, 2.45) is 5.73 Å². The highest BCUT2D eigenvalue weighted by molar-refractivity contribution is 7.80. The van der Waals surface area contributed by atoms with E-state index in [2.05, 4.69) is 25.0 Å². The lowest BCUT2D eigenvalue weighted by atomic mass is 10.2. The largest absolute Gasteiger partial charge is 0.487 e. The zero-order chi connectivity index (χ0) is 14.5. The summed E-state index contributed by atoms with van der Waals surface area (Å²) in [5.41, 5.74) is 8.59. The lowest BCUT2D eigenvalue weighted by Crippen LogP contribution is -2.09. The van der Waals surface area contributed by atoms with Gasteiger partial charge in [-0.3, -0.25) is 4.68 Å². The van der Waals surface area contributed by atoms with Crippen LogP contribution in [0.25, 0.3) is 0 Å². The van der Waals surface area contributed by atoms with Gasteiger partial charge in [0.1, 0.15) is 17.3 Å². The number of thiocarbonyl (C=S) groups is 1. The Morgan fingerprint density at radius 1 is 1.30 bits per heavy atom. The summed E-state index contributed by atoms with van der Waals surface area (Å²) in [6, 6.07) is 9.58. The van der Waals surface area contributed by atoms with Gasteiger partial charge in [0.2, 0.25) is 0 Å². The van der Waals surface area contributed by atoms with E-state index in [-0.39, 0.29) is 0 Å². The maximum absolute atomic E-state index is 5.78. The van der Waals surface area contributed by atoms with Crippen LogP contribution in [0.4, 0.5) is 0 Å². The molecule has 0 saturated heterocycles. The average molecular weight is 289 g/mol. The van der Waals surface area contributed by atoms with E-state index in [1.807, 2.05) is 28.9 Å². The Kier molecular flexibility index (Phi) is 4.74. The Morgan fingerprint density at radius 3 is 2.55 bits per heavy atom. The fourth-order valence-electron chi connectivity index (χ4n) is 1.95. The molecule has 0 amide bonds. The highest BCUT2D eigenvalue weighted by atomic mass is 32.1. The molecule has 0 aliphatic rings. The summed E-state index contributed by atoms with van der Waals surface area (Å²) < 4.78 is 7.76. The molecule has 0 fully saturated rings. The van der Waals surface area contributed by atoms with Crippen LogP contribution in [0.1, 0.15) is 30.8 Å². The second-order valence-corrected chi connectivity index (χ2v) is 4.91. The van der Waals surface area contributed by atoms with Gasteiger partial charge in [-0.1, -0.05) is 19.1 Å². The number of hydrogen-bond acceptors (Lipinski definition) is 3. The van der Waals surface area contributed by atoms with Crippen molar-refractivity contribution in [3.8, 4) is 5.75 Å². The first-order valence-corrected chi connectivity index (χ1v) is 7.13. The van der Waals surface area contributed by atoms with Crippen LogP contribution in [0.15, 0.2) is 30.3 Å². The number of nitrogens with zero attached hydrogens (tertiary/aromatic N) is 2. The van der Waals surface area contributed by atoms with E-state index in [1.54, 1.807) is 0 Å². The van der Waals surface area contributed by atoms with Crippen molar-refractivity contribution < 1.29 is 4.74 Å². The molecule has 1 aromatic carbocycles. The van der Waals surface area contributed by atoms with Crippen LogP contribution in [0.2, 0.25) is 0 Å². The van der Waals surface area contributed by atoms with E-state index in [1.165, 1.54) is 0 Å². The first-order valence-electron chi connectivity index (χ1n) is 6.72. The van der Waals surface area contributed by atoms with Gasteiger partial charge < -0.3 is 10.5 Å². The first-order chi connectivity index (χ1) is 9.63. The Labute approximate surface area is 124 Å².